The van der Waals surface area contributed by atoms with Gasteiger partial charge in [0.1, 0.15) is 5.60 Å². The molecule has 0 aliphatic heterocycles. The lowest BCUT2D eigenvalue weighted by Crippen LogP contribution is -2.47. The zero-order valence-corrected chi connectivity index (χ0v) is 19.1. The van der Waals surface area contributed by atoms with Gasteiger partial charge in [-0.05, 0) is 69.2 Å². The third-order valence-electron chi connectivity index (χ3n) is 4.99. The SMILES string of the molecule is CC(C)(C)OC(=O)NC1CC(COCCNc2cc(/C(=C/N)SN)cc3[nH]ncc23)C1. The van der Waals surface area contributed by atoms with E-state index in [1.807, 2.05) is 32.9 Å². The number of ether oxygens (including phenoxy) is 2. The van der Waals surface area contributed by atoms with Crippen LogP contribution in [0.2, 0.25) is 0 Å². The molecule has 1 aliphatic rings. The molecule has 1 fully saturated rings. The van der Waals surface area contributed by atoms with Crippen LogP contribution in [0.15, 0.2) is 24.5 Å². The first-order chi connectivity index (χ1) is 14.8. The Morgan fingerprint density at radius 1 is 1.39 bits per heavy atom. The Morgan fingerprint density at radius 2 is 2.16 bits per heavy atom. The van der Waals surface area contributed by atoms with Crippen LogP contribution in [0.1, 0.15) is 39.2 Å². The average Bonchev–Trinajstić information content (AvgIpc) is 3.13. The summed E-state index contributed by atoms with van der Waals surface area (Å²) in [5, 5.41) is 20.1. The zero-order chi connectivity index (χ0) is 22.4. The van der Waals surface area contributed by atoms with Crippen LogP contribution in [0.3, 0.4) is 0 Å². The molecule has 0 radical (unpaired) electrons. The highest BCUT2D eigenvalue weighted by atomic mass is 32.2. The molecule has 0 atom stereocenters. The molecule has 3 rings (SSSR count). The number of aromatic nitrogens is 2. The van der Waals surface area contributed by atoms with E-state index in [4.69, 9.17) is 20.3 Å². The molecule has 170 valence electrons. The fraction of sp³-hybridized carbons (Fsp3) is 0.524. The Bertz CT molecular complexity index is 917. The van der Waals surface area contributed by atoms with Gasteiger partial charge in [-0.25, -0.2) is 4.79 Å². The van der Waals surface area contributed by atoms with Crippen molar-refractivity contribution >= 4 is 39.5 Å². The molecule has 0 spiro atoms. The van der Waals surface area contributed by atoms with Crippen LogP contribution in [0.5, 0.6) is 0 Å². The van der Waals surface area contributed by atoms with E-state index in [0.29, 0.717) is 25.7 Å². The summed E-state index contributed by atoms with van der Waals surface area (Å²) in [4.78, 5) is 12.6. The number of carbonyl (C=O) groups is 1. The van der Waals surface area contributed by atoms with Gasteiger partial charge < -0.3 is 25.8 Å². The third kappa shape index (κ3) is 6.52. The topological polar surface area (TPSA) is 140 Å². The predicted octanol–water partition coefficient (Wildman–Crippen LogP) is 3.16. The maximum Gasteiger partial charge on any atom is 0.407 e. The Morgan fingerprint density at radius 3 is 2.84 bits per heavy atom. The molecule has 9 nitrogen and oxygen atoms in total. The molecular formula is C21H32N6O3S. The van der Waals surface area contributed by atoms with Crippen molar-refractivity contribution in [3.05, 3.63) is 30.1 Å². The minimum Gasteiger partial charge on any atom is -0.444 e. The Labute approximate surface area is 186 Å². The highest BCUT2D eigenvalue weighted by molar-refractivity contribution is 8.06. The van der Waals surface area contributed by atoms with Gasteiger partial charge in [0, 0.05) is 41.4 Å². The van der Waals surface area contributed by atoms with Crippen LogP contribution < -0.4 is 21.5 Å². The molecule has 1 aromatic heterocycles. The largest absolute Gasteiger partial charge is 0.444 e. The molecule has 31 heavy (non-hydrogen) atoms. The summed E-state index contributed by atoms with van der Waals surface area (Å²) in [7, 11) is 0. The normalized spacial score (nSPS) is 19.2. The minimum absolute atomic E-state index is 0.170. The molecule has 0 saturated heterocycles. The van der Waals surface area contributed by atoms with E-state index in [9.17, 15) is 4.79 Å². The first-order valence-corrected chi connectivity index (χ1v) is 11.2. The number of aromatic amines is 1. The summed E-state index contributed by atoms with van der Waals surface area (Å²) < 4.78 is 11.1. The second-order valence-electron chi connectivity index (χ2n) is 8.69. The van der Waals surface area contributed by atoms with Crippen LogP contribution in [0.25, 0.3) is 15.8 Å². The van der Waals surface area contributed by atoms with Gasteiger partial charge in [-0.15, -0.1) is 0 Å². The average molecular weight is 449 g/mol. The zero-order valence-electron chi connectivity index (χ0n) is 18.2. The number of nitrogens with two attached hydrogens (primary N) is 2. The quantitative estimate of drug-likeness (QED) is 0.291. The first kappa shape index (κ1) is 23.2. The van der Waals surface area contributed by atoms with Gasteiger partial charge in [0.2, 0.25) is 0 Å². The second kappa shape index (κ2) is 10.3. The number of nitrogens with one attached hydrogen (secondary N) is 3. The molecule has 0 unspecified atom stereocenters. The molecule has 1 aliphatic carbocycles. The van der Waals surface area contributed by atoms with Crippen LogP contribution in [0.4, 0.5) is 10.5 Å². The number of benzene rings is 1. The van der Waals surface area contributed by atoms with E-state index in [2.05, 4.69) is 20.8 Å². The van der Waals surface area contributed by atoms with E-state index >= 15 is 0 Å². The van der Waals surface area contributed by atoms with E-state index in [1.54, 1.807) is 6.20 Å². The fourth-order valence-corrected chi connectivity index (χ4v) is 3.85. The second-order valence-corrected chi connectivity index (χ2v) is 9.36. The minimum atomic E-state index is -0.476. The molecule has 1 amide bonds. The molecule has 2 aromatic rings. The van der Waals surface area contributed by atoms with Gasteiger partial charge in [0.05, 0.1) is 18.3 Å². The highest BCUT2D eigenvalue weighted by Gasteiger charge is 2.31. The summed E-state index contributed by atoms with van der Waals surface area (Å²) in [6.45, 7) is 7.49. The number of fused-ring (bicyclic) bond motifs is 1. The Kier molecular flexibility index (Phi) is 7.69. The monoisotopic (exact) mass is 448 g/mol. The third-order valence-corrected chi connectivity index (χ3v) is 5.62. The standard InChI is InChI=1S/C21H32N6O3S/c1-21(2,3)30-20(28)26-15-6-13(7-15)12-29-5-4-24-17-8-14(19(10-22)31-23)9-18-16(17)11-25-27-18/h8-11,13,15,24H,4-7,12,22-23H2,1-3H3,(H,25,27)(H,26,28)/b19-10-. The van der Waals surface area contributed by atoms with E-state index in [0.717, 1.165) is 51.8 Å². The number of amides is 1. The van der Waals surface area contributed by atoms with E-state index < -0.39 is 5.60 Å². The van der Waals surface area contributed by atoms with Crippen molar-refractivity contribution in [2.45, 2.75) is 45.3 Å². The summed E-state index contributed by atoms with van der Waals surface area (Å²) >= 11 is 1.11. The van der Waals surface area contributed by atoms with Crippen molar-refractivity contribution < 1.29 is 14.3 Å². The summed E-state index contributed by atoms with van der Waals surface area (Å²) in [6, 6.07) is 4.15. The van der Waals surface area contributed by atoms with Crippen LogP contribution >= 0.6 is 11.9 Å². The van der Waals surface area contributed by atoms with Crippen molar-refractivity contribution in [2.24, 2.45) is 16.8 Å². The number of rotatable bonds is 9. The van der Waals surface area contributed by atoms with Crippen molar-refractivity contribution in [2.75, 3.05) is 25.1 Å². The van der Waals surface area contributed by atoms with Crippen LogP contribution in [-0.4, -0.2) is 47.7 Å². The van der Waals surface area contributed by atoms with Crippen LogP contribution in [-0.2, 0) is 9.47 Å². The molecule has 1 saturated carbocycles. The molecule has 10 heteroatoms. The number of carbonyl (C=O) groups excluding carboxylic acids is 1. The van der Waals surface area contributed by atoms with Gasteiger partial charge in [-0.3, -0.25) is 10.2 Å². The van der Waals surface area contributed by atoms with Gasteiger partial charge in [0.25, 0.3) is 0 Å². The lowest BCUT2D eigenvalue weighted by molar-refractivity contribution is 0.0336. The van der Waals surface area contributed by atoms with E-state index in [-0.39, 0.29) is 12.1 Å². The summed E-state index contributed by atoms with van der Waals surface area (Å²) in [5.74, 6) is 0.461. The van der Waals surface area contributed by atoms with Crippen LogP contribution in [0, 0.1) is 5.92 Å². The number of hydrogen-bond donors (Lipinski definition) is 5. The number of anilines is 1. The summed E-state index contributed by atoms with van der Waals surface area (Å²) in [6.07, 6.45) is 4.76. The molecule has 0 bridgehead atoms. The molecular weight excluding hydrogens is 416 g/mol. The molecule has 7 N–H and O–H groups in total. The number of hydrogen-bond acceptors (Lipinski definition) is 8. The Balaban J connectivity index is 1.39. The fourth-order valence-electron chi connectivity index (χ4n) is 3.52. The number of H-pyrrole nitrogens is 1. The lowest BCUT2D eigenvalue weighted by atomic mass is 9.81. The lowest BCUT2D eigenvalue weighted by Gasteiger charge is -2.36. The number of nitrogens with zero attached hydrogens (tertiary/aromatic N) is 1. The van der Waals surface area contributed by atoms with Gasteiger partial charge >= 0.3 is 6.09 Å². The van der Waals surface area contributed by atoms with E-state index in [1.165, 1.54) is 6.20 Å². The predicted molar refractivity (Wildman–Crippen MR) is 125 cm³/mol. The van der Waals surface area contributed by atoms with Gasteiger partial charge in [-0.2, -0.15) is 5.10 Å². The van der Waals surface area contributed by atoms with Crippen molar-refractivity contribution in [3.8, 4) is 0 Å². The molecule has 1 heterocycles. The van der Waals surface area contributed by atoms with Crippen molar-refractivity contribution in [1.82, 2.24) is 15.5 Å². The maximum absolute atomic E-state index is 11.8. The smallest absolute Gasteiger partial charge is 0.407 e. The van der Waals surface area contributed by atoms with Crippen molar-refractivity contribution in [1.29, 1.82) is 0 Å². The summed E-state index contributed by atoms with van der Waals surface area (Å²) in [5.41, 5.74) is 7.98. The maximum atomic E-state index is 11.8. The first-order valence-electron chi connectivity index (χ1n) is 10.4. The van der Waals surface area contributed by atoms with Gasteiger partial charge in [-0.1, -0.05) is 0 Å². The van der Waals surface area contributed by atoms with Crippen molar-refractivity contribution in [3.63, 3.8) is 0 Å². The molecule has 1 aromatic carbocycles. The highest BCUT2D eigenvalue weighted by Crippen LogP contribution is 2.31. The Hall–Kier alpha value is -2.43. The van der Waals surface area contributed by atoms with Gasteiger partial charge in [0.15, 0.2) is 0 Å². The number of alkyl carbamates (subject to hydrolysis) is 1.